The summed E-state index contributed by atoms with van der Waals surface area (Å²) in [4.78, 5) is 5.15. The first-order valence-electron chi connectivity index (χ1n) is 9.25. The van der Waals surface area contributed by atoms with Crippen LogP contribution < -0.4 is 0 Å². The number of rotatable bonds is 4. The molecule has 0 radical (unpaired) electrons. The normalized spacial score (nSPS) is 30.7. The summed E-state index contributed by atoms with van der Waals surface area (Å²) in [5.74, 6) is 2.47. The molecule has 1 aromatic rings. The van der Waals surface area contributed by atoms with Crippen LogP contribution in [-0.4, -0.2) is 60.4 Å². The van der Waals surface area contributed by atoms with Gasteiger partial charge in [-0.2, -0.15) is 0 Å². The van der Waals surface area contributed by atoms with Crippen molar-refractivity contribution in [1.82, 2.24) is 15.0 Å². The first kappa shape index (κ1) is 15.6. The Morgan fingerprint density at radius 1 is 1.17 bits per heavy atom. The second-order valence-electron chi connectivity index (χ2n) is 7.70. The van der Waals surface area contributed by atoms with E-state index in [1.54, 1.807) is 0 Å². The van der Waals surface area contributed by atoms with Crippen molar-refractivity contribution in [3.8, 4) is 0 Å². The molecule has 0 spiro atoms. The third-order valence-corrected chi connectivity index (χ3v) is 5.74. The van der Waals surface area contributed by atoms with Crippen molar-refractivity contribution in [2.24, 2.45) is 11.8 Å². The second-order valence-corrected chi connectivity index (χ2v) is 7.70. The van der Waals surface area contributed by atoms with Gasteiger partial charge in [0.25, 0.3) is 0 Å². The molecule has 2 saturated heterocycles. The van der Waals surface area contributed by atoms with Gasteiger partial charge in [0.2, 0.25) is 0 Å². The second kappa shape index (κ2) is 6.91. The summed E-state index contributed by atoms with van der Waals surface area (Å²) in [6.45, 7) is 9.50. The van der Waals surface area contributed by atoms with Crippen LogP contribution in [-0.2, 0) is 11.3 Å². The van der Waals surface area contributed by atoms with Crippen LogP contribution in [0.15, 0.2) is 10.6 Å². The molecule has 0 unspecified atom stereocenters. The van der Waals surface area contributed by atoms with E-state index in [-0.39, 0.29) is 0 Å². The molecule has 2 aliphatic heterocycles. The van der Waals surface area contributed by atoms with E-state index in [1.165, 1.54) is 38.8 Å². The van der Waals surface area contributed by atoms with Crippen molar-refractivity contribution in [3.05, 3.63) is 17.5 Å². The van der Waals surface area contributed by atoms with Crippen molar-refractivity contribution in [2.75, 3.05) is 39.3 Å². The highest BCUT2D eigenvalue weighted by molar-refractivity contribution is 5.04. The van der Waals surface area contributed by atoms with E-state index in [1.807, 2.05) is 13.0 Å². The number of likely N-dealkylation sites (tertiary alicyclic amines) is 1. The highest BCUT2D eigenvalue weighted by Gasteiger charge is 2.37. The Hall–Kier alpha value is -0.910. The number of aromatic nitrogens is 1. The highest BCUT2D eigenvalue weighted by atomic mass is 16.5. The molecule has 2 atom stereocenters. The standard InChI is InChI=1S/C18H29N3O2/c1-14-8-17(19-23-14)12-21-11-16-10-20(6-7-22-18(16)13-21)9-15-4-2-3-5-15/h8,15-16,18H,2-7,9-13H2,1H3/t16-,18+/m0/s1. The van der Waals surface area contributed by atoms with E-state index < -0.39 is 0 Å². The van der Waals surface area contributed by atoms with E-state index >= 15 is 0 Å². The molecule has 3 aliphatic rings. The van der Waals surface area contributed by atoms with Gasteiger partial charge in [-0.1, -0.05) is 18.0 Å². The minimum atomic E-state index is 0.400. The van der Waals surface area contributed by atoms with Gasteiger partial charge in [0.05, 0.1) is 18.4 Å². The molecule has 128 valence electrons. The summed E-state index contributed by atoms with van der Waals surface area (Å²) in [6, 6.07) is 2.04. The van der Waals surface area contributed by atoms with Crippen LogP contribution in [0.25, 0.3) is 0 Å². The van der Waals surface area contributed by atoms with Crippen LogP contribution in [0, 0.1) is 18.8 Å². The average molecular weight is 319 g/mol. The zero-order chi connectivity index (χ0) is 15.6. The Balaban J connectivity index is 1.32. The van der Waals surface area contributed by atoms with Crippen molar-refractivity contribution in [1.29, 1.82) is 0 Å². The van der Waals surface area contributed by atoms with E-state index in [2.05, 4.69) is 15.0 Å². The van der Waals surface area contributed by atoms with Gasteiger partial charge < -0.3 is 14.2 Å². The summed E-state index contributed by atoms with van der Waals surface area (Å²) in [5, 5.41) is 4.13. The molecule has 23 heavy (non-hydrogen) atoms. The number of hydrogen-bond donors (Lipinski definition) is 0. The van der Waals surface area contributed by atoms with Gasteiger partial charge in [0.1, 0.15) is 5.76 Å². The van der Waals surface area contributed by atoms with E-state index in [0.717, 1.165) is 50.2 Å². The minimum absolute atomic E-state index is 0.400. The Morgan fingerprint density at radius 3 is 2.78 bits per heavy atom. The van der Waals surface area contributed by atoms with E-state index in [9.17, 15) is 0 Å². The van der Waals surface area contributed by atoms with Crippen LogP contribution in [0.4, 0.5) is 0 Å². The topological polar surface area (TPSA) is 41.7 Å². The van der Waals surface area contributed by atoms with Crippen molar-refractivity contribution >= 4 is 0 Å². The van der Waals surface area contributed by atoms with E-state index in [4.69, 9.17) is 9.26 Å². The average Bonchev–Trinajstić information content (AvgIpc) is 3.22. The number of hydrogen-bond acceptors (Lipinski definition) is 5. The van der Waals surface area contributed by atoms with Crippen LogP contribution in [0.3, 0.4) is 0 Å². The Morgan fingerprint density at radius 2 is 2.00 bits per heavy atom. The number of fused-ring (bicyclic) bond motifs is 1. The molecule has 1 aliphatic carbocycles. The summed E-state index contributed by atoms with van der Waals surface area (Å²) in [5.41, 5.74) is 1.04. The van der Waals surface area contributed by atoms with Gasteiger partial charge in [0.15, 0.2) is 0 Å². The molecule has 0 amide bonds. The lowest BCUT2D eigenvalue weighted by atomic mass is 10.0. The first-order valence-corrected chi connectivity index (χ1v) is 9.25. The predicted octanol–water partition coefficient (Wildman–Crippen LogP) is 2.31. The van der Waals surface area contributed by atoms with Gasteiger partial charge >= 0.3 is 0 Å². The summed E-state index contributed by atoms with van der Waals surface area (Å²) >= 11 is 0. The minimum Gasteiger partial charge on any atom is -0.375 e. The first-order chi connectivity index (χ1) is 11.3. The van der Waals surface area contributed by atoms with Gasteiger partial charge in [-0.15, -0.1) is 0 Å². The van der Waals surface area contributed by atoms with Crippen LogP contribution >= 0.6 is 0 Å². The van der Waals surface area contributed by atoms with Gasteiger partial charge in [-0.05, 0) is 25.7 Å². The summed E-state index contributed by atoms with van der Waals surface area (Å²) in [6.07, 6.45) is 6.14. The Bertz CT molecular complexity index is 512. The maximum Gasteiger partial charge on any atom is 0.133 e. The maximum atomic E-state index is 6.17. The fourth-order valence-corrected chi connectivity index (χ4v) is 4.62. The molecule has 0 N–H and O–H groups in total. The Kier molecular flexibility index (Phi) is 4.69. The van der Waals surface area contributed by atoms with Crippen molar-refractivity contribution in [2.45, 2.75) is 45.3 Å². The maximum absolute atomic E-state index is 6.17. The van der Waals surface area contributed by atoms with Gasteiger partial charge in [-0.25, -0.2) is 0 Å². The number of ether oxygens (including phenoxy) is 1. The fraction of sp³-hybridized carbons (Fsp3) is 0.833. The lowest BCUT2D eigenvalue weighted by Crippen LogP contribution is -2.35. The monoisotopic (exact) mass is 319 g/mol. The predicted molar refractivity (Wildman–Crippen MR) is 88.1 cm³/mol. The molecule has 3 heterocycles. The lowest BCUT2D eigenvalue weighted by molar-refractivity contribution is 0.0508. The summed E-state index contributed by atoms with van der Waals surface area (Å²) in [7, 11) is 0. The highest BCUT2D eigenvalue weighted by Crippen LogP contribution is 2.29. The molecule has 1 aromatic heterocycles. The van der Waals surface area contributed by atoms with Crippen molar-refractivity contribution < 1.29 is 9.26 Å². The zero-order valence-corrected chi connectivity index (χ0v) is 14.2. The molecular formula is C18H29N3O2. The largest absolute Gasteiger partial charge is 0.375 e. The van der Waals surface area contributed by atoms with Crippen LogP contribution in [0.5, 0.6) is 0 Å². The molecular weight excluding hydrogens is 290 g/mol. The molecule has 1 saturated carbocycles. The summed E-state index contributed by atoms with van der Waals surface area (Å²) < 4.78 is 11.4. The third kappa shape index (κ3) is 3.78. The van der Waals surface area contributed by atoms with Crippen LogP contribution in [0.2, 0.25) is 0 Å². The van der Waals surface area contributed by atoms with Crippen molar-refractivity contribution in [3.63, 3.8) is 0 Å². The fourth-order valence-electron chi connectivity index (χ4n) is 4.62. The molecule has 5 nitrogen and oxygen atoms in total. The SMILES string of the molecule is Cc1cc(CN2C[C@@H]3CN(CC4CCCC4)CCO[C@@H]3C2)no1. The van der Waals surface area contributed by atoms with E-state index in [0.29, 0.717) is 12.0 Å². The Labute approximate surface area is 138 Å². The molecule has 3 fully saturated rings. The van der Waals surface area contributed by atoms with Crippen LogP contribution in [0.1, 0.15) is 37.1 Å². The van der Waals surface area contributed by atoms with Gasteiger partial charge in [0, 0.05) is 51.3 Å². The quantitative estimate of drug-likeness (QED) is 0.852. The molecule has 0 bridgehead atoms. The number of nitrogens with zero attached hydrogens (tertiary/aromatic N) is 3. The molecule has 0 aromatic carbocycles. The lowest BCUT2D eigenvalue weighted by Gasteiger charge is -2.26. The molecule has 4 rings (SSSR count). The van der Waals surface area contributed by atoms with Gasteiger partial charge in [-0.3, -0.25) is 4.90 Å². The molecule has 5 heteroatoms. The third-order valence-electron chi connectivity index (χ3n) is 5.74. The zero-order valence-electron chi connectivity index (χ0n) is 14.2. The smallest absolute Gasteiger partial charge is 0.133 e. The number of aryl methyl sites for hydroxylation is 1.